The van der Waals surface area contributed by atoms with Crippen LogP contribution in [0.4, 0.5) is 17.6 Å². The van der Waals surface area contributed by atoms with E-state index in [0.717, 1.165) is 17.7 Å². The van der Waals surface area contributed by atoms with E-state index in [1.54, 1.807) is 12.4 Å². The number of carbonyl (C=O) groups excluding carboxylic acids is 1. The zero-order chi connectivity index (χ0) is 32.0. The van der Waals surface area contributed by atoms with Crippen molar-refractivity contribution in [3.05, 3.63) is 131 Å². The molecular formula is C32H25F4N5O3S. The average molecular weight is 636 g/mol. The summed E-state index contributed by atoms with van der Waals surface area (Å²) in [5, 5.41) is 13.7. The molecule has 5 rings (SSSR count). The van der Waals surface area contributed by atoms with E-state index in [0.29, 0.717) is 30.6 Å². The monoisotopic (exact) mass is 635 g/mol. The molecule has 2 aromatic heterocycles. The number of benzene rings is 3. The molecular weight excluding hydrogens is 610 g/mol. The molecule has 0 spiro atoms. The highest BCUT2D eigenvalue weighted by Gasteiger charge is 2.30. The summed E-state index contributed by atoms with van der Waals surface area (Å²) in [6.45, 7) is 0.377. The number of nitrogens with one attached hydrogen (secondary N) is 2. The van der Waals surface area contributed by atoms with Crippen molar-refractivity contribution in [1.29, 1.82) is 0 Å². The van der Waals surface area contributed by atoms with E-state index in [1.807, 2.05) is 0 Å². The molecule has 0 bridgehead atoms. The Morgan fingerprint density at radius 2 is 1.73 bits per heavy atom. The van der Waals surface area contributed by atoms with E-state index < -0.39 is 39.1 Å². The first-order valence-electron chi connectivity index (χ1n) is 13.6. The van der Waals surface area contributed by atoms with Crippen molar-refractivity contribution in [1.82, 2.24) is 25.3 Å². The van der Waals surface area contributed by atoms with Crippen LogP contribution in [0.2, 0.25) is 0 Å². The molecule has 8 nitrogen and oxygen atoms in total. The molecule has 0 unspecified atom stereocenters. The van der Waals surface area contributed by atoms with Gasteiger partial charge in [0.2, 0.25) is 0 Å². The first-order chi connectivity index (χ1) is 21.5. The van der Waals surface area contributed by atoms with Crippen LogP contribution in [0, 0.1) is 17.7 Å². The van der Waals surface area contributed by atoms with Crippen molar-refractivity contribution in [2.24, 2.45) is 0 Å². The van der Waals surface area contributed by atoms with Gasteiger partial charge < -0.3 is 5.32 Å². The van der Waals surface area contributed by atoms with E-state index in [-0.39, 0.29) is 21.7 Å². The molecule has 2 N–H and O–H groups in total. The van der Waals surface area contributed by atoms with Gasteiger partial charge in [-0.3, -0.25) is 9.89 Å². The van der Waals surface area contributed by atoms with Crippen molar-refractivity contribution < 1.29 is 30.8 Å². The molecule has 0 aliphatic rings. The van der Waals surface area contributed by atoms with Crippen molar-refractivity contribution >= 4 is 15.7 Å². The summed E-state index contributed by atoms with van der Waals surface area (Å²) in [5.74, 6) is 4.23. The zero-order valence-corrected chi connectivity index (χ0v) is 24.3. The lowest BCUT2D eigenvalue weighted by Gasteiger charge is -2.10. The largest absolute Gasteiger partial charge is 0.416 e. The number of sulfone groups is 1. The fraction of sp³-hybridized carbons (Fsp3) is 0.156. The number of aromatic nitrogens is 4. The molecule has 2 heterocycles. The first-order valence-corrected chi connectivity index (χ1v) is 15.3. The Morgan fingerprint density at radius 1 is 0.978 bits per heavy atom. The van der Waals surface area contributed by atoms with Gasteiger partial charge in [-0.15, -0.1) is 0 Å². The Morgan fingerprint density at radius 3 is 2.42 bits per heavy atom. The van der Waals surface area contributed by atoms with Crippen LogP contribution in [-0.4, -0.2) is 40.8 Å². The van der Waals surface area contributed by atoms with Gasteiger partial charge in [-0.05, 0) is 91.2 Å². The Hall–Kier alpha value is -5.22. The Labute approximate surface area is 256 Å². The van der Waals surface area contributed by atoms with Gasteiger partial charge in [0.25, 0.3) is 5.91 Å². The maximum absolute atomic E-state index is 13.6. The van der Waals surface area contributed by atoms with Crippen LogP contribution in [0.1, 0.15) is 44.7 Å². The minimum Gasteiger partial charge on any atom is -0.352 e. The van der Waals surface area contributed by atoms with Crippen LogP contribution in [-0.2, 0) is 28.2 Å². The van der Waals surface area contributed by atoms with E-state index in [4.69, 9.17) is 0 Å². The lowest BCUT2D eigenvalue weighted by Crippen LogP contribution is -2.25. The van der Waals surface area contributed by atoms with Gasteiger partial charge in [0, 0.05) is 35.6 Å². The van der Waals surface area contributed by atoms with Gasteiger partial charge >= 0.3 is 6.18 Å². The van der Waals surface area contributed by atoms with Gasteiger partial charge in [-0.25, -0.2) is 17.5 Å². The molecule has 0 fully saturated rings. The molecule has 230 valence electrons. The normalized spacial score (nSPS) is 11.6. The van der Waals surface area contributed by atoms with E-state index in [9.17, 15) is 30.8 Å². The quantitative estimate of drug-likeness (QED) is 0.127. The number of aryl methyl sites for hydroxylation is 1. The third-order valence-electron chi connectivity index (χ3n) is 6.69. The highest BCUT2D eigenvalue weighted by Crippen LogP contribution is 2.29. The van der Waals surface area contributed by atoms with Crippen LogP contribution in [0.25, 0.3) is 5.69 Å². The second kappa shape index (κ2) is 13.2. The van der Waals surface area contributed by atoms with Crippen molar-refractivity contribution in [3.8, 4) is 17.5 Å². The fourth-order valence-corrected chi connectivity index (χ4v) is 5.80. The molecule has 0 radical (unpaired) electrons. The smallest absolute Gasteiger partial charge is 0.352 e. The second-order valence-electron chi connectivity index (χ2n) is 9.99. The number of halogens is 4. The van der Waals surface area contributed by atoms with E-state index in [1.165, 1.54) is 71.5 Å². The third kappa shape index (κ3) is 8.04. The predicted octanol–water partition coefficient (Wildman–Crippen LogP) is 5.49. The summed E-state index contributed by atoms with van der Waals surface area (Å²) in [6, 6.07) is 15.2. The van der Waals surface area contributed by atoms with Crippen LogP contribution >= 0.6 is 0 Å². The number of hydrogen-bond donors (Lipinski definition) is 2. The van der Waals surface area contributed by atoms with E-state index >= 15 is 0 Å². The molecule has 13 heteroatoms. The second-order valence-corrected chi connectivity index (χ2v) is 11.9. The van der Waals surface area contributed by atoms with Crippen molar-refractivity contribution in [3.63, 3.8) is 0 Å². The first kappa shape index (κ1) is 31.2. The Kier molecular flexibility index (Phi) is 9.15. The van der Waals surface area contributed by atoms with Crippen molar-refractivity contribution in [2.75, 3.05) is 6.54 Å². The third-order valence-corrected chi connectivity index (χ3v) is 8.39. The lowest BCUT2D eigenvalue weighted by molar-refractivity contribution is -0.137. The number of rotatable bonds is 9. The molecule has 0 saturated carbocycles. The Balaban J connectivity index is 1.37. The summed E-state index contributed by atoms with van der Waals surface area (Å²) in [5.41, 5.74) is 1.34. The molecule has 1 amide bonds. The number of hydrogen-bond acceptors (Lipinski definition) is 5. The van der Waals surface area contributed by atoms with E-state index in [2.05, 4.69) is 32.5 Å². The number of carbonyl (C=O) groups is 1. The van der Waals surface area contributed by atoms with Gasteiger partial charge in [0.05, 0.1) is 33.8 Å². The highest BCUT2D eigenvalue weighted by molar-refractivity contribution is 7.90. The molecule has 3 aromatic carbocycles. The SMILES string of the molecule is O=C(NCCCc1cn[nH]c1)c1ccc(S(=O)(=O)Cc2ccn(-c3ccc(C(F)(F)F)cc3)n2)c(C#Cc2ccc(F)cc2)c1. The zero-order valence-electron chi connectivity index (χ0n) is 23.5. The van der Waals surface area contributed by atoms with Gasteiger partial charge in [0.1, 0.15) is 5.82 Å². The number of amides is 1. The van der Waals surface area contributed by atoms with Gasteiger partial charge in [0.15, 0.2) is 9.84 Å². The van der Waals surface area contributed by atoms with Gasteiger partial charge in [-0.2, -0.15) is 23.4 Å². The molecule has 5 aromatic rings. The molecule has 0 aliphatic carbocycles. The summed E-state index contributed by atoms with van der Waals surface area (Å²) in [6.07, 6.45) is 1.79. The Bertz CT molecular complexity index is 1960. The number of nitrogens with zero attached hydrogens (tertiary/aromatic N) is 3. The minimum absolute atomic E-state index is 0.0625. The van der Waals surface area contributed by atoms with Crippen molar-refractivity contribution in [2.45, 2.75) is 29.7 Å². The maximum atomic E-state index is 13.6. The summed E-state index contributed by atoms with van der Waals surface area (Å²) >= 11 is 0. The van der Waals surface area contributed by atoms with Gasteiger partial charge in [-0.1, -0.05) is 11.8 Å². The van der Waals surface area contributed by atoms with Crippen LogP contribution in [0.3, 0.4) is 0 Å². The molecule has 0 atom stereocenters. The van der Waals surface area contributed by atoms with Crippen LogP contribution in [0.15, 0.2) is 96.3 Å². The summed E-state index contributed by atoms with van der Waals surface area (Å²) < 4.78 is 80.6. The fourth-order valence-electron chi connectivity index (χ4n) is 4.38. The number of H-pyrrole nitrogens is 1. The lowest BCUT2D eigenvalue weighted by atomic mass is 10.1. The predicted molar refractivity (Wildman–Crippen MR) is 158 cm³/mol. The number of alkyl halides is 3. The molecule has 45 heavy (non-hydrogen) atoms. The standard InChI is InChI=1S/C32H25F4N5O3S/c33-27-10-4-22(5-11-27)3-6-24-18-25(31(42)37-16-1-2-23-19-38-39-20-23)7-14-30(24)45(43,44)21-28-15-17-41(40-28)29-12-8-26(9-13-29)32(34,35)36/h4-5,7-15,17-20H,1-2,16,21H2,(H,37,42)(H,38,39). The molecule has 0 saturated heterocycles. The summed E-state index contributed by atoms with van der Waals surface area (Å²) in [7, 11) is -4.07. The summed E-state index contributed by atoms with van der Waals surface area (Å²) in [4.78, 5) is 12.8. The minimum atomic E-state index is -4.49. The maximum Gasteiger partial charge on any atom is 0.416 e. The highest BCUT2D eigenvalue weighted by atomic mass is 32.2. The molecule has 0 aliphatic heterocycles. The topological polar surface area (TPSA) is 110 Å². The van der Waals surface area contributed by atoms with Crippen LogP contribution in [0.5, 0.6) is 0 Å². The average Bonchev–Trinajstić information content (AvgIpc) is 3.71. The number of aromatic amines is 1. The van der Waals surface area contributed by atoms with Crippen LogP contribution < -0.4 is 5.32 Å².